The van der Waals surface area contributed by atoms with Gasteiger partial charge in [0, 0.05) is 18.5 Å². The van der Waals surface area contributed by atoms with Crippen LogP contribution in [0.1, 0.15) is 58.4 Å². The fourth-order valence-corrected chi connectivity index (χ4v) is 3.25. The second kappa shape index (κ2) is 8.17. The van der Waals surface area contributed by atoms with Crippen LogP contribution in [0.5, 0.6) is 0 Å². The molecule has 120 valence electrons. The molecule has 0 aromatic heterocycles. The van der Waals surface area contributed by atoms with Gasteiger partial charge < -0.3 is 4.90 Å². The Bertz CT molecular complexity index is 498. The van der Waals surface area contributed by atoms with Gasteiger partial charge in [-0.3, -0.25) is 4.79 Å². The number of amides is 1. The topological polar surface area (TPSA) is 20.3 Å². The lowest BCUT2D eigenvalue weighted by atomic mass is 9.88. The SMILES string of the molecule is C/C(=C\c1ccccc1)CN(C(=O)C1CCCCC1)C(C)C. The number of hydrogen-bond donors (Lipinski definition) is 0. The highest BCUT2D eigenvalue weighted by molar-refractivity contribution is 5.79. The van der Waals surface area contributed by atoms with Crippen molar-refractivity contribution in [3.8, 4) is 0 Å². The molecule has 0 spiro atoms. The van der Waals surface area contributed by atoms with E-state index in [9.17, 15) is 4.79 Å². The molecule has 0 aliphatic heterocycles. The molecule has 2 rings (SSSR count). The van der Waals surface area contributed by atoms with Crippen molar-refractivity contribution in [1.29, 1.82) is 0 Å². The van der Waals surface area contributed by atoms with E-state index in [1.807, 2.05) is 18.2 Å². The highest BCUT2D eigenvalue weighted by Gasteiger charge is 2.27. The largest absolute Gasteiger partial charge is 0.336 e. The number of carbonyl (C=O) groups excluding carboxylic acids is 1. The molecule has 0 N–H and O–H groups in total. The summed E-state index contributed by atoms with van der Waals surface area (Å²) in [7, 11) is 0. The van der Waals surface area contributed by atoms with Crippen LogP contribution in [0.15, 0.2) is 35.9 Å². The van der Waals surface area contributed by atoms with E-state index in [0.717, 1.165) is 19.4 Å². The maximum absolute atomic E-state index is 12.8. The average molecular weight is 299 g/mol. The first-order valence-corrected chi connectivity index (χ1v) is 8.60. The number of nitrogens with zero attached hydrogens (tertiary/aromatic N) is 1. The van der Waals surface area contributed by atoms with Gasteiger partial charge in [-0.2, -0.15) is 0 Å². The minimum atomic E-state index is 0.251. The fourth-order valence-electron chi connectivity index (χ4n) is 3.25. The molecule has 1 fully saturated rings. The van der Waals surface area contributed by atoms with Crippen LogP contribution in [-0.4, -0.2) is 23.4 Å². The van der Waals surface area contributed by atoms with E-state index in [2.05, 4.69) is 43.9 Å². The van der Waals surface area contributed by atoms with Gasteiger partial charge in [-0.05, 0) is 39.2 Å². The Morgan fingerprint density at radius 1 is 1.18 bits per heavy atom. The third kappa shape index (κ3) is 4.72. The van der Waals surface area contributed by atoms with Gasteiger partial charge in [-0.1, -0.05) is 61.2 Å². The summed E-state index contributed by atoms with van der Waals surface area (Å²) in [4.78, 5) is 14.9. The monoisotopic (exact) mass is 299 g/mol. The average Bonchev–Trinajstić information content (AvgIpc) is 2.53. The maximum atomic E-state index is 12.8. The molecule has 0 radical (unpaired) electrons. The second-order valence-corrected chi connectivity index (χ2v) is 6.80. The van der Waals surface area contributed by atoms with E-state index in [4.69, 9.17) is 0 Å². The normalized spacial score (nSPS) is 16.8. The molecule has 0 heterocycles. The number of hydrogen-bond acceptors (Lipinski definition) is 1. The Morgan fingerprint density at radius 2 is 1.82 bits per heavy atom. The van der Waals surface area contributed by atoms with E-state index in [1.54, 1.807) is 0 Å². The van der Waals surface area contributed by atoms with Crippen molar-refractivity contribution >= 4 is 12.0 Å². The summed E-state index contributed by atoms with van der Waals surface area (Å²) < 4.78 is 0. The first-order valence-electron chi connectivity index (χ1n) is 8.60. The molecule has 1 aromatic carbocycles. The molecule has 0 unspecified atom stereocenters. The minimum absolute atomic E-state index is 0.251. The summed E-state index contributed by atoms with van der Waals surface area (Å²) >= 11 is 0. The molecule has 0 bridgehead atoms. The van der Waals surface area contributed by atoms with E-state index in [1.165, 1.54) is 30.4 Å². The molecule has 0 saturated heterocycles. The van der Waals surface area contributed by atoms with Crippen molar-refractivity contribution in [1.82, 2.24) is 4.90 Å². The van der Waals surface area contributed by atoms with Crippen molar-refractivity contribution in [2.45, 2.75) is 58.9 Å². The molecular weight excluding hydrogens is 270 g/mol. The Kier molecular flexibility index (Phi) is 6.23. The van der Waals surface area contributed by atoms with Crippen LogP contribution < -0.4 is 0 Å². The van der Waals surface area contributed by atoms with Crippen LogP contribution in [0.4, 0.5) is 0 Å². The molecular formula is C20H29NO. The smallest absolute Gasteiger partial charge is 0.226 e. The van der Waals surface area contributed by atoms with Crippen LogP contribution in [0.2, 0.25) is 0 Å². The van der Waals surface area contributed by atoms with Crippen molar-refractivity contribution in [3.05, 3.63) is 41.5 Å². The third-order valence-electron chi connectivity index (χ3n) is 4.49. The van der Waals surface area contributed by atoms with Crippen molar-refractivity contribution in [2.75, 3.05) is 6.54 Å². The molecule has 1 aromatic rings. The first kappa shape index (κ1) is 16.8. The summed E-state index contributed by atoms with van der Waals surface area (Å²) in [6.45, 7) is 7.10. The van der Waals surface area contributed by atoms with E-state index < -0.39 is 0 Å². The van der Waals surface area contributed by atoms with Gasteiger partial charge in [0.15, 0.2) is 0 Å². The van der Waals surface area contributed by atoms with Crippen molar-refractivity contribution < 1.29 is 4.79 Å². The Labute approximate surface area is 135 Å². The van der Waals surface area contributed by atoms with Crippen molar-refractivity contribution in [2.24, 2.45) is 5.92 Å². The number of rotatable bonds is 5. The zero-order valence-corrected chi connectivity index (χ0v) is 14.2. The lowest BCUT2D eigenvalue weighted by Gasteiger charge is -2.32. The van der Waals surface area contributed by atoms with Crippen LogP contribution in [0.3, 0.4) is 0 Å². The van der Waals surface area contributed by atoms with Gasteiger partial charge in [0.2, 0.25) is 5.91 Å². The zero-order chi connectivity index (χ0) is 15.9. The van der Waals surface area contributed by atoms with Gasteiger partial charge in [0.1, 0.15) is 0 Å². The van der Waals surface area contributed by atoms with Gasteiger partial charge >= 0.3 is 0 Å². The summed E-state index contributed by atoms with van der Waals surface area (Å²) in [5, 5.41) is 0. The molecule has 0 atom stereocenters. The van der Waals surface area contributed by atoms with E-state index >= 15 is 0 Å². The number of benzene rings is 1. The highest BCUT2D eigenvalue weighted by Crippen LogP contribution is 2.26. The first-order chi connectivity index (χ1) is 10.6. The Hall–Kier alpha value is -1.57. The predicted molar refractivity (Wildman–Crippen MR) is 93.5 cm³/mol. The Balaban J connectivity index is 2.04. The molecule has 1 saturated carbocycles. The molecule has 1 amide bonds. The van der Waals surface area contributed by atoms with Gasteiger partial charge in [0.05, 0.1) is 0 Å². The fraction of sp³-hybridized carbons (Fsp3) is 0.550. The van der Waals surface area contributed by atoms with Crippen molar-refractivity contribution in [3.63, 3.8) is 0 Å². The second-order valence-electron chi connectivity index (χ2n) is 6.80. The highest BCUT2D eigenvalue weighted by atomic mass is 16.2. The summed E-state index contributed by atoms with van der Waals surface area (Å²) in [5.41, 5.74) is 2.44. The van der Waals surface area contributed by atoms with Crippen LogP contribution in [0, 0.1) is 5.92 Å². The van der Waals surface area contributed by atoms with Gasteiger partial charge in [0.25, 0.3) is 0 Å². The summed E-state index contributed by atoms with van der Waals surface area (Å²) in [6, 6.07) is 10.6. The van der Waals surface area contributed by atoms with Crippen LogP contribution in [-0.2, 0) is 4.79 Å². The molecule has 2 nitrogen and oxygen atoms in total. The Morgan fingerprint density at radius 3 is 2.41 bits per heavy atom. The summed E-state index contributed by atoms with van der Waals surface area (Å²) in [6.07, 6.45) is 8.04. The summed E-state index contributed by atoms with van der Waals surface area (Å²) in [5.74, 6) is 0.608. The van der Waals surface area contributed by atoms with Gasteiger partial charge in [-0.15, -0.1) is 0 Å². The predicted octanol–water partition coefficient (Wildman–Crippen LogP) is 4.91. The lowest BCUT2D eigenvalue weighted by molar-refractivity contribution is -0.137. The zero-order valence-electron chi connectivity index (χ0n) is 14.2. The van der Waals surface area contributed by atoms with E-state index in [-0.39, 0.29) is 12.0 Å². The standard InChI is InChI=1S/C20H29NO/c1-16(2)21(20(22)19-12-8-5-9-13-19)15-17(3)14-18-10-6-4-7-11-18/h4,6-7,10-11,14,16,19H,5,8-9,12-13,15H2,1-3H3/b17-14+. The van der Waals surface area contributed by atoms with Crippen LogP contribution in [0.25, 0.3) is 6.08 Å². The molecule has 1 aliphatic carbocycles. The van der Waals surface area contributed by atoms with Crippen LogP contribution >= 0.6 is 0 Å². The van der Waals surface area contributed by atoms with E-state index in [0.29, 0.717) is 5.91 Å². The maximum Gasteiger partial charge on any atom is 0.226 e. The molecule has 1 aliphatic rings. The minimum Gasteiger partial charge on any atom is -0.336 e. The quantitative estimate of drug-likeness (QED) is 0.756. The molecule has 22 heavy (non-hydrogen) atoms. The van der Waals surface area contributed by atoms with Gasteiger partial charge in [-0.25, -0.2) is 0 Å². The lowest BCUT2D eigenvalue weighted by Crippen LogP contribution is -2.42. The number of carbonyl (C=O) groups is 1. The third-order valence-corrected chi connectivity index (χ3v) is 4.49. The molecule has 2 heteroatoms.